The fraction of sp³-hybridized carbons (Fsp3) is 0.889. The predicted molar refractivity (Wildman–Crippen MR) is 59.5 cm³/mol. The highest BCUT2D eigenvalue weighted by Crippen LogP contribution is 2.20. The molecule has 0 unspecified atom stereocenters. The van der Waals surface area contributed by atoms with Gasteiger partial charge < -0.3 is 0 Å². The lowest BCUT2D eigenvalue weighted by Crippen LogP contribution is -2.41. The van der Waals surface area contributed by atoms with E-state index >= 15 is 0 Å². The molecule has 0 aromatic rings. The van der Waals surface area contributed by atoms with Gasteiger partial charge in [-0.3, -0.25) is 4.79 Å². The van der Waals surface area contributed by atoms with Crippen molar-refractivity contribution in [1.29, 1.82) is 0 Å². The molecule has 0 saturated carbocycles. The molecule has 1 aliphatic heterocycles. The van der Waals surface area contributed by atoms with Crippen molar-refractivity contribution in [2.24, 2.45) is 5.92 Å². The number of hydrogen-bond acceptors (Lipinski definition) is 3. The molecule has 4 nitrogen and oxygen atoms in total. The third kappa shape index (κ3) is 3.16. The summed E-state index contributed by atoms with van der Waals surface area (Å²) in [7, 11) is -3.09. The van der Waals surface area contributed by atoms with Crippen molar-refractivity contribution in [2.45, 2.75) is 19.8 Å². The zero-order chi connectivity index (χ0) is 11.5. The molecule has 0 amide bonds. The number of ketones is 1. The number of carbonyl (C=O) groups excluding carboxylic acids is 1. The van der Waals surface area contributed by atoms with Crippen molar-refractivity contribution < 1.29 is 13.2 Å². The van der Waals surface area contributed by atoms with Crippen molar-refractivity contribution in [3.63, 3.8) is 0 Å². The number of Topliss-reactive ketones (excluding diaryl/α,β-unsaturated/α-hetero) is 1. The van der Waals surface area contributed by atoms with Crippen molar-refractivity contribution >= 4 is 27.4 Å². The summed E-state index contributed by atoms with van der Waals surface area (Å²) in [5.74, 6) is 0.141. The van der Waals surface area contributed by atoms with Crippen LogP contribution in [0.15, 0.2) is 0 Å². The van der Waals surface area contributed by atoms with Gasteiger partial charge in [-0.1, -0.05) is 0 Å². The first kappa shape index (κ1) is 12.9. The third-order valence-corrected chi connectivity index (χ3v) is 4.94. The SMILES string of the molecule is CCS(=O)(=O)N1CCC(C(=O)CCl)CC1. The van der Waals surface area contributed by atoms with Crippen LogP contribution >= 0.6 is 11.6 Å². The smallest absolute Gasteiger partial charge is 0.213 e. The first-order valence-electron chi connectivity index (χ1n) is 5.07. The molecule has 0 aliphatic carbocycles. The van der Waals surface area contributed by atoms with Crippen LogP contribution in [-0.2, 0) is 14.8 Å². The van der Waals surface area contributed by atoms with E-state index in [9.17, 15) is 13.2 Å². The minimum atomic E-state index is -3.09. The Kier molecular flexibility index (Phi) is 4.55. The van der Waals surface area contributed by atoms with Gasteiger partial charge in [-0.05, 0) is 19.8 Å². The number of sulfonamides is 1. The summed E-state index contributed by atoms with van der Waals surface area (Å²) < 4.78 is 24.5. The largest absolute Gasteiger partial charge is 0.298 e. The van der Waals surface area contributed by atoms with Crippen LogP contribution < -0.4 is 0 Å². The molecule has 0 bridgehead atoms. The fourth-order valence-corrected chi connectivity index (χ4v) is 3.10. The average Bonchev–Trinajstić information content (AvgIpc) is 2.28. The molecule has 1 aliphatic rings. The van der Waals surface area contributed by atoms with Gasteiger partial charge in [0.15, 0.2) is 5.78 Å². The zero-order valence-electron chi connectivity index (χ0n) is 8.78. The summed E-state index contributed by atoms with van der Waals surface area (Å²) in [6.45, 7) is 2.53. The highest BCUT2D eigenvalue weighted by atomic mass is 35.5. The topological polar surface area (TPSA) is 54.5 Å². The lowest BCUT2D eigenvalue weighted by atomic mass is 9.94. The van der Waals surface area contributed by atoms with Gasteiger partial charge in [0.25, 0.3) is 0 Å². The van der Waals surface area contributed by atoms with E-state index in [2.05, 4.69) is 0 Å². The normalized spacial score (nSPS) is 20.4. The molecule has 6 heteroatoms. The second kappa shape index (κ2) is 5.27. The monoisotopic (exact) mass is 253 g/mol. The number of hydrogen-bond donors (Lipinski definition) is 0. The van der Waals surface area contributed by atoms with E-state index in [1.165, 1.54) is 4.31 Å². The first-order valence-corrected chi connectivity index (χ1v) is 7.22. The standard InChI is InChI=1S/C9H16ClNO3S/c1-2-15(13,14)11-5-3-8(4-6-11)9(12)7-10/h8H,2-7H2,1H3. The van der Waals surface area contributed by atoms with E-state index < -0.39 is 10.0 Å². The Bertz CT molecular complexity index is 320. The molecule has 1 rings (SSSR count). The van der Waals surface area contributed by atoms with Gasteiger partial charge in [0.1, 0.15) is 0 Å². The maximum Gasteiger partial charge on any atom is 0.213 e. The molecule has 0 spiro atoms. The van der Waals surface area contributed by atoms with Gasteiger partial charge in [-0.25, -0.2) is 12.7 Å². The van der Waals surface area contributed by atoms with E-state index in [-0.39, 0.29) is 23.3 Å². The Hall–Kier alpha value is -0.130. The second-order valence-corrected chi connectivity index (χ2v) is 6.20. The molecular weight excluding hydrogens is 238 g/mol. The Morgan fingerprint density at radius 1 is 1.40 bits per heavy atom. The molecule has 0 radical (unpaired) electrons. The van der Waals surface area contributed by atoms with Gasteiger partial charge in [-0.2, -0.15) is 0 Å². The van der Waals surface area contributed by atoms with Gasteiger partial charge in [0, 0.05) is 19.0 Å². The van der Waals surface area contributed by atoms with Gasteiger partial charge in [-0.15, -0.1) is 11.6 Å². The minimum Gasteiger partial charge on any atom is -0.298 e. The van der Waals surface area contributed by atoms with Crippen molar-refractivity contribution in [3.8, 4) is 0 Å². The van der Waals surface area contributed by atoms with Crippen molar-refractivity contribution in [1.82, 2.24) is 4.31 Å². The number of rotatable bonds is 4. The Labute approximate surface area is 95.6 Å². The third-order valence-electron chi connectivity index (χ3n) is 2.80. The molecule has 0 aromatic heterocycles. The van der Waals surface area contributed by atoms with E-state index in [0.29, 0.717) is 25.9 Å². The fourth-order valence-electron chi connectivity index (χ4n) is 1.75. The number of piperidine rings is 1. The molecule has 15 heavy (non-hydrogen) atoms. The minimum absolute atomic E-state index is 0.0326. The first-order chi connectivity index (χ1) is 7.01. The van der Waals surface area contributed by atoms with E-state index in [1.807, 2.05) is 0 Å². The lowest BCUT2D eigenvalue weighted by molar-refractivity contribution is -0.121. The van der Waals surface area contributed by atoms with Crippen LogP contribution in [0.25, 0.3) is 0 Å². The molecule has 1 fully saturated rings. The molecular formula is C9H16ClNO3S. The maximum atomic E-state index is 11.5. The van der Waals surface area contributed by atoms with E-state index in [0.717, 1.165) is 0 Å². The quantitative estimate of drug-likeness (QED) is 0.699. The van der Waals surface area contributed by atoms with Crippen LogP contribution in [0.1, 0.15) is 19.8 Å². The van der Waals surface area contributed by atoms with E-state index in [1.54, 1.807) is 6.92 Å². The van der Waals surface area contributed by atoms with Crippen LogP contribution in [0.5, 0.6) is 0 Å². The van der Waals surface area contributed by atoms with Crippen LogP contribution in [0.2, 0.25) is 0 Å². The Morgan fingerprint density at radius 2 is 1.93 bits per heavy atom. The zero-order valence-corrected chi connectivity index (χ0v) is 10.4. The van der Waals surface area contributed by atoms with Crippen LogP contribution in [0, 0.1) is 5.92 Å². The van der Waals surface area contributed by atoms with Gasteiger partial charge >= 0.3 is 0 Å². The number of alkyl halides is 1. The Morgan fingerprint density at radius 3 is 2.33 bits per heavy atom. The van der Waals surface area contributed by atoms with Gasteiger partial charge in [0.2, 0.25) is 10.0 Å². The second-order valence-electron chi connectivity index (χ2n) is 3.67. The average molecular weight is 254 g/mol. The van der Waals surface area contributed by atoms with Crippen molar-refractivity contribution in [3.05, 3.63) is 0 Å². The highest BCUT2D eigenvalue weighted by molar-refractivity contribution is 7.89. The summed E-state index contributed by atoms with van der Waals surface area (Å²) in [5, 5.41) is 0. The lowest BCUT2D eigenvalue weighted by Gasteiger charge is -2.29. The summed E-state index contributed by atoms with van der Waals surface area (Å²) in [6, 6.07) is 0. The molecule has 1 heterocycles. The summed E-state index contributed by atoms with van der Waals surface area (Å²) >= 11 is 5.46. The molecule has 0 N–H and O–H groups in total. The molecule has 1 saturated heterocycles. The van der Waals surface area contributed by atoms with Crippen molar-refractivity contribution in [2.75, 3.05) is 24.7 Å². The number of carbonyl (C=O) groups is 1. The van der Waals surface area contributed by atoms with E-state index in [4.69, 9.17) is 11.6 Å². The number of halogens is 1. The van der Waals surface area contributed by atoms with Crippen LogP contribution in [0.4, 0.5) is 0 Å². The Balaban J connectivity index is 2.53. The highest BCUT2D eigenvalue weighted by Gasteiger charge is 2.29. The summed E-state index contributed by atoms with van der Waals surface area (Å²) in [6.07, 6.45) is 1.20. The molecule has 0 atom stereocenters. The molecule has 0 aromatic carbocycles. The van der Waals surface area contributed by atoms with Crippen LogP contribution in [-0.4, -0.2) is 43.2 Å². The predicted octanol–water partition coefficient (Wildman–Crippen LogP) is 0.856. The maximum absolute atomic E-state index is 11.5. The molecule has 88 valence electrons. The summed E-state index contributed by atoms with van der Waals surface area (Å²) in [4.78, 5) is 11.3. The number of nitrogens with zero attached hydrogens (tertiary/aromatic N) is 1. The van der Waals surface area contributed by atoms with Crippen LogP contribution in [0.3, 0.4) is 0 Å². The van der Waals surface area contributed by atoms with Gasteiger partial charge in [0.05, 0.1) is 11.6 Å². The summed E-state index contributed by atoms with van der Waals surface area (Å²) in [5.41, 5.74) is 0.